The van der Waals surface area contributed by atoms with Crippen LogP contribution >= 0.6 is 24.0 Å². The maximum Gasteiger partial charge on any atom is 0.193 e. The summed E-state index contributed by atoms with van der Waals surface area (Å²) in [6.07, 6.45) is 3.54. The van der Waals surface area contributed by atoms with Crippen molar-refractivity contribution in [2.75, 3.05) is 73.8 Å². The molecule has 0 spiro atoms. The number of likely N-dealkylation sites (N-methyl/N-ethyl adjacent to an activating group) is 1. The summed E-state index contributed by atoms with van der Waals surface area (Å²) in [6, 6.07) is 8.24. The van der Waals surface area contributed by atoms with Crippen molar-refractivity contribution in [3.8, 4) is 5.75 Å². The van der Waals surface area contributed by atoms with E-state index in [1.165, 1.54) is 19.3 Å². The second kappa shape index (κ2) is 17.4. The van der Waals surface area contributed by atoms with Gasteiger partial charge < -0.3 is 29.3 Å². The van der Waals surface area contributed by atoms with Gasteiger partial charge in [-0.3, -0.25) is 0 Å². The van der Waals surface area contributed by atoms with Gasteiger partial charge in [0.25, 0.3) is 0 Å². The van der Waals surface area contributed by atoms with Gasteiger partial charge in [-0.05, 0) is 56.8 Å². The van der Waals surface area contributed by atoms with Gasteiger partial charge in [0.2, 0.25) is 0 Å². The quantitative estimate of drug-likeness (QED) is 0.226. The highest BCUT2D eigenvalue weighted by Gasteiger charge is 2.15. The Morgan fingerprint density at radius 2 is 1.91 bits per heavy atom. The maximum absolute atomic E-state index is 5.94. The second-order valence-corrected chi connectivity index (χ2v) is 8.23. The van der Waals surface area contributed by atoms with Crippen LogP contribution in [0.3, 0.4) is 0 Å². The van der Waals surface area contributed by atoms with Crippen molar-refractivity contribution in [1.82, 2.24) is 15.1 Å². The van der Waals surface area contributed by atoms with Crippen molar-refractivity contribution >= 4 is 29.9 Å². The number of nitrogens with zero attached hydrogens (tertiary/aromatic N) is 3. The smallest absolute Gasteiger partial charge is 0.193 e. The predicted octanol–water partition coefficient (Wildman–Crippen LogP) is 3.48. The van der Waals surface area contributed by atoms with E-state index < -0.39 is 0 Å². The lowest BCUT2D eigenvalue weighted by Crippen LogP contribution is -2.40. The van der Waals surface area contributed by atoms with Gasteiger partial charge in [0.1, 0.15) is 12.4 Å². The molecule has 1 heterocycles. The highest BCUT2D eigenvalue weighted by atomic mass is 127. The number of hydrogen-bond donors (Lipinski definition) is 1. The van der Waals surface area contributed by atoms with Crippen molar-refractivity contribution in [1.29, 1.82) is 0 Å². The lowest BCUT2D eigenvalue weighted by Gasteiger charge is -2.26. The number of aliphatic imine (C=N–C) groups is 1. The molecular formula is C24H43IN4O3. The Morgan fingerprint density at radius 3 is 2.62 bits per heavy atom. The molecule has 1 aromatic rings. The zero-order valence-electron chi connectivity index (χ0n) is 20.3. The number of ether oxygens (including phenoxy) is 3. The fraction of sp³-hybridized carbons (Fsp3) is 0.708. The largest absolute Gasteiger partial charge is 0.492 e. The van der Waals surface area contributed by atoms with Crippen LogP contribution in [0.15, 0.2) is 29.3 Å². The number of rotatable bonds is 13. The highest BCUT2D eigenvalue weighted by Crippen LogP contribution is 2.18. The van der Waals surface area contributed by atoms with Crippen LogP contribution < -0.4 is 10.1 Å². The predicted molar refractivity (Wildman–Crippen MR) is 142 cm³/mol. The average molecular weight is 563 g/mol. The third-order valence-electron chi connectivity index (χ3n) is 5.64. The molecule has 1 saturated heterocycles. The normalized spacial score (nSPS) is 14.8. The molecule has 0 unspecified atom stereocenters. The van der Waals surface area contributed by atoms with E-state index in [4.69, 9.17) is 19.2 Å². The average Bonchev–Trinajstić information content (AvgIpc) is 2.80. The highest BCUT2D eigenvalue weighted by molar-refractivity contribution is 14.0. The van der Waals surface area contributed by atoms with E-state index >= 15 is 0 Å². The zero-order chi connectivity index (χ0) is 22.3. The minimum atomic E-state index is 0. The molecule has 0 saturated carbocycles. The number of nitrogens with one attached hydrogen (secondary N) is 1. The molecule has 8 heteroatoms. The first-order chi connectivity index (χ1) is 15.1. The van der Waals surface area contributed by atoms with Crippen LogP contribution in [-0.4, -0.2) is 89.6 Å². The second-order valence-electron chi connectivity index (χ2n) is 8.23. The van der Waals surface area contributed by atoms with E-state index in [9.17, 15) is 0 Å². The first kappa shape index (κ1) is 28.9. The lowest BCUT2D eigenvalue weighted by atomic mass is 9.96. The molecule has 0 atom stereocenters. The van der Waals surface area contributed by atoms with Gasteiger partial charge >= 0.3 is 0 Å². The van der Waals surface area contributed by atoms with Crippen molar-refractivity contribution in [3.63, 3.8) is 0 Å². The zero-order valence-corrected chi connectivity index (χ0v) is 22.7. The molecule has 0 aliphatic carbocycles. The topological polar surface area (TPSA) is 58.6 Å². The van der Waals surface area contributed by atoms with E-state index in [1.54, 1.807) is 7.11 Å². The molecule has 184 valence electrons. The Bertz CT molecular complexity index is 641. The minimum Gasteiger partial charge on any atom is -0.492 e. The van der Waals surface area contributed by atoms with Gasteiger partial charge in [0, 0.05) is 53.6 Å². The third-order valence-corrected chi connectivity index (χ3v) is 5.64. The van der Waals surface area contributed by atoms with Crippen molar-refractivity contribution < 1.29 is 14.2 Å². The Morgan fingerprint density at radius 1 is 1.16 bits per heavy atom. The standard InChI is InChI=1S/C24H42N4O3.HI/c1-5-25-24(28(3)12-9-21-10-15-30-16-11-21)26-20-22-7-6-8-23(19-22)31-18-14-27(2)13-17-29-4;/h6-8,19,21H,5,9-18,20H2,1-4H3,(H,25,26);1H. The molecule has 7 nitrogen and oxygen atoms in total. The van der Waals surface area contributed by atoms with Gasteiger partial charge in [-0.1, -0.05) is 12.1 Å². The van der Waals surface area contributed by atoms with Crippen LogP contribution in [0.5, 0.6) is 5.75 Å². The third kappa shape index (κ3) is 11.7. The van der Waals surface area contributed by atoms with E-state index in [2.05, 4.69) is 48.3 Å². The number of halogens is 1. The van der Waals surface area contributed by atoms with Gasteiger partial charge in [0.15, 0.2) is 5.96 Å². The van der Waals surface area contributed by atoms with Crippen LogP contribution in [0.25, 0.3) is 0 Å². The summed E-state index contributed by atoms with van der Waals surface area (Å²) in [5, 5.41) is 3.42. The van der Waals surface area contributed by atoms with Gasteiger partial charge in [0.05, 0.1) is 13.2 Å². The summed E-state index contributed by atoms with van der Waals surface area (Å²) < 4.78 is 16.5. The van der Waals surface area contributed by atoms with Crippen LogP contribution in [0.2, 0.25) is 0 Å². The monoisotopic (exact) mass is 562 g/mol. The molecule has 0 radical (unpaired) electrons. The Labute approximate surface area is 211 Å². The summed E-state index contributed by atoms with van der Waals surface area (Å²) in [6.45, 7) is 9.60. The SMILES string of the molecule is CCNC(=NCc1cccc(OCCN(C)CCOC)c1)N(C)CCC1CCOCC1.I. The molecule has 0 aromatic heterocycles. The van der Waals surface area contributed by atoms with Gasteiger partial charge in [-0.15, -0.1) is 24.0 Å². The molecule has 1 aliphatic heterocycles. The first-order valence-corrected chi connectivity index (χ1v) is 11.6. The van der Waals surface area contributed by atoms with Gasteiger partial charge in [-0.25, -0.2) is 4.99 Å². The molecule has 0 amide bonds. The molecular weight excluding hydrogens is 519 g/mol. The Hall–Kier alpha value is -1.10. The molecule has 1 aromatic carbocycles. The maximum atomic E-state index is 5.94. The number of guanidine groups is 1. The Balaban J connectivity index is 0.00000512. The molecule has 1 N–H and O–H groups in total. The summed E-state index contributed by atoms with van der Waals surface area (Å²) in [5.74, 6) is 2.62. The fourth-order valence-corrected chi connectivity index (χ4v) is 3.56. The van der Waals surface area contributed by atoms with Crippen molar-refractivity contribution in [3.05, 3.63) is 29.8 Å². The van der Waals surface area contributed by atoms with E-state index in [1.807, 2.05) is 12.1 Å². The van der Waals surface area contributed by atoms with Crippen LogP contribution in [0, 0.1) is 5.92 Å². The summed E-state index contributed by atoms with van der Waals surface area (Å²) in [4.78, 5) is 9.31. The minimum absolute atomic E-state index is 0. The molecule has 32 heavy (non-hydrogen) atoms. The summed E-state index contributed by atoms with van der Waals surface area (Å²) >= 11 is 0. The van der Waals surface area contributed by atoms with E-state index in [0.29, 0.717) is 13.2 Å². The van der Waals surface area contributed by atoms with Crippen LogP contribution in [-0.2, 0) is 16.0 Å². The first-order valence-electron chi connectivity index (χ1n) is 11.6. The molecule has 0 bridgehead atoms. The van der Waals surface area contributed by atoms with Crippen molar-refractivity contribution in [2.24, 2.45) is 10.9 Å². The number of methoxy groups -OCH3 is 1. The number of hydrogen-bond acceptors (Lipinski definition) is 5. The van der Waals surface area contributed by atoms with Crippen LogP contribution in [0.1, 0.15) is 31.7 Å². The number of benzene rings is 1. The summed E-state index contributed by atoms with van der Waals surface area (Å²) in [7, 11) is 5.93. The van der Waals surface area contributed by atoms with Gasteiger partial charge in [-0.2, -0.15) is 0 Å². The molecule has 2 rings (SSSR count). The molecule has 1 fully saturated rings. The Kier molecular flexibility index (Phi) is 15.7. The lowest BCUT2D eigenvalue weighted by molar-refractivity contribution is 0.0625. The summed E-state index contributed by atoms with van der Waals surface area (Å²) in [5.41, 5.74) is 1.15. The van der Waals surface area contributed by atoms with E-state index in [-0.39, 0.29) is 24.0 Å². The van der Waals surface area contributed by atoms with Crippen LogP contribution in [0.4, 0.5) is 0 Å². The molecule has 1 aliphatic rings. The van der Waals surface area contributed by atoms with Crippen molar-refractivity contribution in [2.45, 2.75) is 32.7 Å². The fourth-order valence-electron chi connectivity index (χ4n) is 3.56. The van der Waals surface area contributed by atoms with E-state index in [0.717, 1.165) is 69.2 Å².